The predicted octanol–water partition coefficient (Wildman–Crippen LogP) is 1.83. The number of nitrogens with zero attached hydrogens (tertiary/aromatic N) is 3. The number of likely N-dealkylation sites (N-methyl/N-ethyl adjacent to an activating group) is 1. The third kappa shape index (κ3) is 3.72. The Kier molecular flexibility index (Phi) is 4.38. The number of urea groups is 1. The molecule has 0 bridgehead atoms. The standard InChI is InChI=1S/C17H27N5O3/c1-16(2,3)13-8-12(19-20-13)9-18-14(23)22-7-5-6-17(11-22)10-21(4)15(24)25-17/h8H,5-7,9-11H2,1-4H3,(H,18,23)(H,19,20)/t17-/m0/s1. The average molecular weight is 349 g/mol. The summed E-state index contributed by atoms with van der Waals surface area (Å²) in [6, 6.07) is 1.84. The number of carbonyl (C=O) groups is 2. The fourth-order valence-electron chi connectivity index (χ4n) is 3.39. The van der Waals surface area contributed by atoms with E-state index >= 15 is 0 Å². The highest BCUT2D eigenvalue weighted by atomic mass is 16.6. The van der Waals surface area contributed by atoms with Gasteiger partial charge in [0.05, 0.1) is 31.0 Å². The number of hydrogen-bond donors (Lipinski definition) is 2. The van der Waals surface area contributed by atoms with Crippen molar-refractivity contribution >= 4 is 12.1 Å². The molecule has 2 aliphatic heterocycles. The molecule has 3 heterocycles. The Morgan fingerprint density at radius 3 is 2.80 bits per heavy atom. The van der Waals surface area contributed by atoms with E-state index in [1.54, 1.807) is 16.8 Å². The number of nitrogens with one attached hydrogen (secondary N) is 2. The molecule has 1 spiro atoms. The zero-order valence-electron chi connectivity index (χ0n) is 15.4. The maximum Gasteiger partial charge on any atom is 0.410 e. The van der Waals surface area contributed by atoms with Gasteiger partial charge in [0.25, 0.3) is 0 Å². The molecule has 2 N–H and O–H groups in total. The molecular formula is C17H27N5O3. The van der Waals surface area contributed by atoms with Gasteiger partial charge in [-0.25, -0.2) is 9.59 Å². The number of H-pyrrole nitrogens is 1. The largest absolute Gasteiger partial charge is 0.439 e. The summed E-state index contributed by atoms with van der Waals surface area (Å²) in [6.07, 6.45) is 1.31. The maximum atomic E-state index is 12.5. The van der Waals surface area contributed by atoms with E-state index in [2.05, 4.69) is 36.3 Å². The molecule has 0 aromatic carbocycles. The number of amides is 3. The van der Waals surface area contributed by atoms with Crippen LogP contribution in [0.2, 0.25) is 0 Å². The van der Waals surface area contributed by atoms with Gasteiger partial charge in [0, 0.05) is 19.0 Å². The Balaban J connectivity index is 1.56. The van der Waals surface area contributed by atoms with Crippen LogP contribution < -0.4 is 5.32 Å². The van der Waals surface area contributed by atoms with Gasteiger partial charge in [0.1, 0.15) is 5.60 Å². The van der Waals surface area contributed by atoms with E-state index in [1.807, 2.05) is 6.07 Å². The van der Waals surface area contributed by atoms with Crippen molar-refractivity contribution in [3.63, 3.8) is 0 Å². The number of hydrogen-bond acceptors (Lipinski definition) is 4. The third-order valence-corrected chi connectivity index (χ3v) is 4.80. The minimum atomic E-state index is -0.561. The van der Waals surface area contributed by atoms with Crippen LogP contribution in [0.1, 0.15) is 45.0 Å². The quantitative estimate of drug-likeness (QED) is 0.852. The second-order valence-corrected chi connectivity index (χ2v) is 8.12. The highest BCUT2D eigenvalue weighted by Crippen LogP contribution is 2.31. The molecule has 0 radical (unpaired) electrons. The minimum absolute atomic E-state index is 0.0314. The number of carbonyl (C=O) groups excluding carboxylic acids is 2. The van der Waals surface area contributed by atoms with E-state index < -0.39 is 5.60 Å². The lowest BCUT2D eigenvalue weighted by Gasteiger charge is -2.38. The summed E-state index contributed by atoms with van der Waals surface area (Å²) in [5, 5.41) is 10.2. The second kappa shape index (κ2) is 6.24. The Morgan fingerprint density at radius 2 is 2.20 bits per heavy atom. The van der Waals surface area contributed by atoms with Gasteiger partial charge in [-0.1, -0.05) is 20.8 Å². The molecule has 3 amide bonds. The summed E-state index contributed by atoms with van der Waals surface area (Å²) in [7, 11) is 1.72. The van der Waals surface area contributed by atoms with Crippen molar-refractivity contribution in [3.05, 3.63) is 17.5 Å². The molecule has 2 fully saturated rings. The molecule has 2 saturated heterocycles. The Hall–Kier alpha value is -2.25. The Labute approximate surface area is 147 Å². The molecule has 1 aromatic rings. The Morgan fingerprint density at radius 1 is 1.44 bits per heavy atom. The van der Waals surface area contributed by atoms with E-state index in [9.17, 15) is 9.59 Å². The normalized spacial score (nSPS) is 23.9. The number of likely N-dealkylation sites (tertiary alicyclic amines) is 1. The zero-order valence-corrected chi connectivity index (χ0v) is 15.4. The zero-order chi connectivity index (χ0) is 18.2. The van der Waals surface area contributed by atoms with Crippen molar-refractivity contribution in [2.24, 2.45) is 0 Å². The van der Waals surface area contributed by atoms with Crippen LogP contribution in [0.5, 0.6) is 0 Å². The SMILES string of the molecule is CN1C[C@]2(CCCN(C(=O)NCc3cc(C(C)(C)C)n[nH]3)C2)OC1=O. The van der Waals surface area contributed by atoms with E-state index in [-0.39, 0.29) is 17.5 Å². The summed E-state index contributed by atoms with van der Waals surface area (Å²) < 4.78 is 5.54. The molecule has 0 saturated carbocycles. The van der Waals surface area contributed by atoms with Crippen molar-refractivity contribution in [2.45, 2.75) is 51.2 Å². The highest BCUT2D eigenvalue weighted by molar-refractivity contribution is 5.75. The van der Waals surface area contributed by atoms with Crippen LogP contribution in [0, 0.1) is 0 Å². The molecule has 2 aliphatic rings. The van der Waals surface area contributed by atoms with Gasteiger partial charge in [-0.15, -0.1) is 0 Å². The van der Waals surface area contributed by atoms with Gasteiger partial charge in [0.15, 0.2) is 0 Å². The van der Waals surface area contributed by atoms with Crippen LogP contribution in [0.3, 0.4) is 0 Å². The molecule has 8 nitrogen and oxygen atoms in total. The first-order chi connectivity index (χ1) is 11.7. The van der Waals surface area contributed by atoms with Crippen LogP contribution in [0.4, 0.5) is 9.59 Å². The Bertz CT molecular complexity index is 665. The van der Waals surface area contributed by atoms with E-state index in [4.69, 9.17) is 4.74 Å². The molecule has 138 valence electrons. The van der Waals surface area contributed by atoms with Crippen LogP contribution in [0.25, 0.3) is 0 Å². The summed E-state index contributed by atoms with van der Waals surface area (Å²) in [6.45, 7) is 8.32. The van der Waals surface area contributed by atoms with Gasteiger partial charge in [0.2, 0.25) is 0 Å². The van der Waals surface area contributed by atoms with Crippen molar-refractivity contribution in [3.8, 4) is 0 Å². The fourth-order valence-corrected chi connectivity index (χ4v) is 3.39. The molecular weight excluding hydrogens is 322 g/mol. The summed E-state index contributed by atoms with van der Waals surface area (Å²) >= 11 is 0. The van der Waals surface area contributed by atoms with Gasteiger partial charge in [-0.3, -0.25) is 5.10 Å². The smallest absolute Gasteiger partial charge is 0.410 e. The minimum Gasteiger partial charge on any atom is -0.439 e. The number of piperidine rings is 1. The highest BCUT2D eigenvalue weighted by Gasteiger charge is 2.47. The lowest BCUT2D eigenvalue weighted by Crippen LogP contribution is -2.54. The summed E-state index contributed by atoms with van der Waals surface area (Å²) in [4.78, 5) is 27.5. The van der Waals surface area contributed by atoms with Crippen molar-refractivity contribution in [1.29, 1.82) is 0 Å². The second-order valence-electron chi connectivity index (χ2n) is 8.12. The molecule has 1 atom stereocenters. The maximum absolute atomic E-state index is 12.5. The first-order valence-electron chi connectivity index (χ1n) is 8.70. The fraction of sp³-hybridized carbons (Fsp3) is 0.706. The topological polar surface area (TPSA) is 90.6 Å². The van der Waals surface area contributed by atoms with Gasteiger partial charge in [-0.2, -0.15) is 5.10 Å². The molecule has 3 rings (SSSR count). The van der Waals surface area contributed by atoms with Crippen molar-refractivity contribution < 1.29 is 14.3 Å². The summed E-state index contributed by atoms with van der Waals surface area (Å²) in [5.74, 6) is 0. The monoisotopic (exact) mass is 349 g/mol. The first kappa shape index (κ1) is 17.6. The van der Waals surface area contributed by atoms with E-state index in [1.165, 1.54) is 0 Å². The number of ether oxygens (including phenoxy) is 1. The first-order valence-corrected chi connectivity index (χ1v) is 8.70. The number of aromatic nitrogens is 2. The lowest BCUT2D eigenvalue weighted by atomic mass is 9.92. The van der Waals surface area contributed by atoms with E-state index in [0.29, 0.717) is 26.2 Å². The summed E-state index contributed by atoms with van der Waals surface area (Å²) in [5.41, 5.74) is 1.25. The number of rotatable bonds is 2. The van der Waals surface area contributed by atoms with Crippen LogP contribution in [0.15, 0.2) is 6.07 Å². The average Bonchev–Trinajstić information content (AvgIpc) is 3.10. The van der Waals surface area contributed by atoms with Gasteiger partial charge < -0.3 is 19.9 Å². The van der Waals surface area contributed by atoms with E-state index in [0.717, 1.165) is 24.2 Å². The van der Waals surface area contributed by atoms with Gasteiger partial charge >= 0.3 is 12.1 Å². The molecule has 0 unspecified atom stereocenters. The van der Waals surface area contributed by atoms with Crippen LogP contribution in [-0.2, 0) is 16.7 Å². The van der Waals surface area contributed by atoms with Crippen LogP contribution >= 0.6 is 0 Å². The van der Waals surface area contributed by atoms with Gasteiger partial charge in [-0.05, 0) is 18.9 Å². The molecule has 1 aromatic heterocycles. The van der Waals surface area contributed by atoms with Crippen molar-refractivity contribution in [1.82, 2.24) is 25.3 Å². The molecule has 0 aliphatic carbocycles. The molecule has 25 heavy (non-hydrogen) atoms. The van der Waals surface area contributed by atoms with Crippen molar-refractivity contribution in [2.75, 3.05) is 26.7 Å². The van der Waals surface area contributed by atoms with Crippen LogP contribution in [-0.4, -0.2) is 64.4 Å². The molecule has 8 heteroatoms. The predicted molar refractivity (Wildman–Crippen MR) is 92.2 cm³/mol. The number of aromatic amines is 1. The lowest BCUT2D eigenvalue weighted by molar-refractivity contribution is 0.00317. The third-order valence-electron chi connectivity index (χ3n) is 4.80.